The number of aromatic nitrogens is 2. The molecule has 1 atom stereocenters. The van der Waals surface area contributed by atoms with E-state index in [1.165, 1.54) is 0 Å². The van der Waals surface area contributed by atoms with Crippen molar-refractivity contribution in [1.82, 2.24) is 20.8 Å². The molecule has 1 amide bonds. The van der Waals surface area contributed by atoms with Gasteiger partial charge >= 0.3 is 0 Å². The zero-order chi connectivity index (χ0) is 28.4. The number of amides is 1. The van der Waals surface area contributed by atoms with E-state index in [0.29, 0.717) is 27.7 Å². The number of rotatable bonds is 7. The summed E-state index contributed by atoms with van der Waals surface area (Å²) in [6.07, 6.45) is 0. The second kappa shape index (κ2) is 11.7. The van der Waals surface area contributed by atoms with E-state index in [9.17, 15) is 14.9 Å². The smallest absolute Gasteiger partial charge is 0.267 e. The molecular formula is C29H17Cl4N5O2. The molecule has 0 fully saturated rings. The van der Waals surface area contributed by atoms with Gasteiger partial charge in [-0.05, 0) is 23.8 Å². The molecule has 0 radical (unpaired) electrons. The fourth-order valence-corrected chi connectivity index (χ4v) is 5.16. The van der Waals surface area contributed by atoms with Gasteiger partial charge in [-0.3, -0.25) is 15.0 Å². The molecule has 4 aromatic carbocycles. The van der Waals surface area contributed by atoms with Crippen molar-refractivity contribution in [2.45, 2.75) is 6.04 Å². The third-order valence-electron chi connectivity index (χ3n) is 6.10. The summed E-state index contributed by atoms with van der Waals surface area (Å²) in [7, 11) is 0. The highest BCUT2D eigenvalue weighted by Crippen LogP contribution is 2.45. The number of nitrogens with zero attached hydrogens (tertiary/aromatic N) is 2. The van der Waals surface area contributed by atoms with E-state index in [0.717, 1.165) is 0 Å². The van der Waals surface area contributed by atoms with Crippen LogP contribution in [0.5, 0.6) is 0 Å². The van der Waals surface area contributed by atoms with Crippen LogP contribution in [0, 0.1) is 11.3 Å². The van der Waals surface area contributed by atoms with Gasteiger partial charge in [-0.15, -0.1) is 0 Å². The zero-order valence-electron chi connectivity index (χ0n) is 20.3. The normalized spacial score (nSPS) is 11.7. The summed E-state index contributed by atoms with van der Waals surface area (Å²) in [5, 5.41) is 9.21. The Labute approximate surface area is 248 Å². The second-order valence-electron chi connectivity index (χ2n) is 8.59. The Morgan fingerprint density at radius 2 is 1.48 bits per heavy atom. The molecule has 0 saturated carbocycles. The van der Waals surface area contributed by atoms with Crippen LogP contribution in [0.25, 0.3) is 22.4 Å². The Bertz CT molecular complexity index is 1800. The van der Waals surface area contributed by atoms with Crippen LogP contribution in [0.3, 0.4) is 0 Å². The maximum atomic E-state index is 13.4. The number of benzene rings is 4. The molecular weight excluding hydrogens is 592 g/mol. The van der Waals surface area contributed by atoms with Gasteiger partial charge in [0, 0.05) is 11.1 Å². The number of nitrogens with one attached hydrogen (secondary N) is 3. The van der Waals surface area contributed by atoms with Crippen LogP contribution in [0.2, 0.25) is 20.1 Å². The quantitative estimate of drug-likeness (QED) is 0.0763. The first-order chi connectivity index (χ1) is 19.3. The van der Waals surface area contributed by atoms with Crippen molar-refractivity contribution in [1.29, 1.82) is 5.26 Å². The molecule has 5 aromatic rings. The summed E-state index contributed by atoms with van der Waals surface area (Å²) < 4.78 is 0. The van der Waals surface area contributed by atoms with Gasteiger partial charge in [-0.25, -0.2) is 10.4 Å². The number of imidazole rings is 1. The number of fused-ring (bicyclic) bond motifs is 1. The van der Waals surface area contributed by atoms with Gasteiger partial charge in [0.2, 0.25) is 0 Å². The first-order valence-electron chi connectivity index (χ1n) is 11.8. The van der Waals surface area contributed by atoms with E-state index in [-0.39, 0.29) is 42.8 Å². The Kier molecular flexibility index (Phi) is 8.08. The minimum absolute atomic E-state index is 0.0549. The maximum Gasteiger partial charge on any atom is 0.267 e. The van der Waals surface area contributed by atoms with Crippen molar-refractivity contribution in [3.8, 4) is 17.5 Å². The number of nitriles is 1. The fraction of sp³-hybridized carbons (Fsp3) is 0.0345. The molecule has 198 valence electrons. The van der Waals surface area contributed by atoms with Gasteiger partial charge in [0.05, 0.1) is 48.3 Å². The standard InChI is InChI=1S/C29H17Cl4N5O2/c30-23-21(28-35-18-12-11-17(13-19(18)36-28)27(39)16-9-5-2-6-10-16)22(24(31)26(33)25(23)32)29(40)38-37-20(14-34)15-7-3-1-4-8-15/h1-13,20,37H,(H,35,36)(H,38,40). The minimum Gasteiger partial charge on any atom is -0.338 e. The third kappa shape index (κ3) is 5.28. The Morgan fingerprint density at radius 3 is 2.15 bits per heavy atom. The number of halogens is 4. The number of aromatic amines is 1. The molecule has 40 heavy (non-hydrogen) atoms. The molecule has 0 saturated heterocycles. The van der Waals surface area contributed by atoms with E-state index in [4.69, 9.17) is 46.4 Å². The maximum absolute atomic E-state index is 13.4. The van der Waals surface area contributed by atoms with Crippen molar-refractivity contribution in [2.24, 2.45) is 0 Å². The van der Waals surface area contributed by atoms with Gasteiger partial charge in [-0.2, -0.15) is 5.26 Å². The average Bonchev–Trinajstić information content (AvgIpc) is 3.41. The van der Waals surface area contributed by atoms with Gasteiger partial charge in [0.15, 0.2) is 5.78 Å². The third-order valence-corrected chi connectivity index (χ3v) is 7.91. The number of hydrogen-bond acceptors (Lipinski definition) is 5. The van der Waals surface area contributed by atoms with E-state index in [1.807, 2.05) is 12.1 Å². The SMILES string of the molecule is N#CC(NNC(=O)c1c(Cl)c(Cl)c(Cl)c(Cl)c1-c1nc2ccc(C(=O)c3ccccc3)cc2[nH]1)c1ccccc1. The highest BCUT2D eigenvalue weighted by molar-refractivity contribution is 6.54. The summed E-state index contributed by atoms with van der Waals surface area (Å²) in [5.41, 5.74) is 7.85. The molecule has 11 heteroatoms. The van der Waals surface area contributed by atoms with E-state index >= 15 is 0 Å². The molecule has 1 unspecified atom stereocenters. The van der Waals surface area contributed by atoms with E-state index in [1.54, 1.807) is 66.7 Å². The summed E-state index contributed by atoms with van der Waals surface area (Å²) in [5.74, 6) is -0.710. The van der Waals surface area contributed by atoms with Gasteiger partial charge in [0.1, 0.15) is 11.9 Å². The van der Waals surface area contributed by atoms with Crippen LogP contribution in [0.4, 0.5) is 0 Å². The van der Waals surface area contributed by atoms with Crippen LogP contribution >= 0.6 is 46.4 Å². The topological polar surface area (TPSA) is 111 Å². The minimum atomic E-state index is -0.850. The molecule has 7 nitrogen and oxygen atoms in total. The molecule has 0 aliphatic heterocycles. The molecule has 0 aliphatic rings. The molecule has 1 aromatic heterocycles. The van der Waals surface area contributed by atoms with E-state index < -0.39 is 11.9 Å². The average molecular weight is 609 g/mol. The summed E-state index contributed by atoms with van der Waals surface area (Å²) in [6.45, 7) is 0. The Balaban J connectivity index is 1.54. The summed E-state index contributed by atoms with van der Waals surface area (Å²) >= 11 is 25.7. The first kappa shape index (κ1) is 27.7. The molecule has 0 spiro atoms. The number of H-pyrrole nitrogens is 1. The Hall–Kier alpha value is -3.90. The predicted molar refractivity (Wildman–Crippen MR) is 157 cm³/mol. The van der Waals surface area contributed by atoms with Crippen LogP contribution < -0.4 is 10.9 Å². The highest BCUT2D eigenvalue weighted by Gasteiger charge is 2.28. The van der Waals surface area contributed by atoms with E-state index in [2.05, 4.69) is 26.9 Å². The lowest BCUT2D eigenvalue weighted by Gasteiger charge is -2.17. The fourth-order valence-electron chi connectivity index (χ4n) is 4.13. The number of hydrogen-bond donors (Lipinski definition) is 3. The lowest BCUT2D eigenvalue weighted by molar-refractivity contribution is 0.0929. The number of hydrazine groups is 1. The summed E-state index contributed by atoms with van der Waals surface area (Å²) in [6, 6.07) is 24.0. The van der Waals surface area contributed by atoms with Crippen LogP contribution in [-0.4, -0.2) is 21.7 Å². The largest absolute Gasteiger partial charge is 0.338 e. The summed E-state index contributed by atoms with van der Waals surface area (Å²) in [4.78, 5) is 34.1. The van der Waals surface area contributed by atoms with Gasteiger partial charge in [-0.1, -0.05) is 107 Å². The molecule has 5 rings (SSSR count). The zero-order valence-corrected chi connectivity index (χ0v) is 23.3. The van der Waals surface area contributed by atoms with Crippen LogP contribution in [0.1, 0.15) is 37.9 Å². The van der Waals surface area contributed by atoms with Gasteiger partial charge in [0.25, 0.3) is 5.91 Å². The number of carbonyl (C=O) groups excluding carboxylic acids is 2. The molecule has 3 N–H and O–H groups in total. The number of carbonyl (C=O) groups is 2. The van der Waals surface area contributed by atoms with Crippen molar-refractivity contribution >= 4 is 69.1 Å². The molecule has 1 heterocycles. The predicted octanol–water partition coefficient (Wildman–Crippen LogP) is 7.57. The van der Waals surface area contributed by atoms with Crippen molar-refractivity contribution in [2.75, 3.05) is 0 Å². The molecule has 0 bridgehead atoms. The van der Waals surface area contributed by atoms with Gasteiger partial charge < -0.3 is 4.98 Å². The Morgan fingerprint density at radius 1 is 0.825 bits per heavy atom. The van der Waals surface area contributed by atoms with Crippen molar-refractivity contribution in [3.63, 3.8) is 0 Å². The highest BCUT2D eigenvalue weighted by atomic mass is 35.5. The monoisotopic (exact) mass is 607 g/mol. The second-order valence-corrected chi connectivity index (χ2v) is 10.1. The lowest BCUT2D eigenvalue weighted by atomic mass is 10.0. The van der Waals surface area contributed by atoms with Crippen LogP contribution in [0.15, 0.2) is 78.9 Å². The molecule has 0 aliphatic carbocycles. The van der Waals surface area contributed by atoms with Crippen molar-refractivity contribution < 1.29 is 9.59 Å². The van der Waals surface area contributed by atoms with Crippen molar-refractivity contribution in [3.05, 3.63) is 121 Å². The number of ketones is 1. The van der Waals surface area contributed by atoms with Crippen LogP contribution in [-0.2, 0) is 0 Å². The first-order valence-corrected chi connectivity index (χ1v) is 13.3. The lowest BCUT2D eigenvalue weighted by Crippen LogP contribution is -2.40.